The number of aryl methyl sites for hydroxylation is 1. The summed E-state index contributed by atoms with van der Waals surface area (Å²) in [6, 6.07) is 8.02. The number of amides is 2. The van der Waals surface area contributed by atoms with E-state index in [9.17, 15) is 18.0 Å². The van der Waals surface area contributed by atoms with E-state index in [1.54, 1.807) is 18.2 Å². The lowest BCUT2D eigenvalue weighted by atomic mass is 10.2. The van der Waals surface area contributed by atoms with Crippen molar-refractivity contribution in [3.8, 4) is 0 Å². The Bertz CT molecular complexity index is 935. The number of carbonyl (C=O) groups excluding carboxylic acids is 2. The molecule has 8 nitrogen and oxygen atoms in total. The van der Waals surface area contributed by atoms with Crippen molar-refractivity contribution in [2.45, 2.75) is 11.8 Å². The summed E-state index contributed by atoms with van der Waals surface area (Å²) in [5, 5.41) is 5.33. The third-order valence-corrected chi connectivity index (χ3v) is 5.65. The number of aromatic nitrogens is 1. The van der Waals surface area contributed by atoms with Gasteiger partial charge in [0.05, 0.1) is 23.8 Å². The van der Waals surface area contributed by atoms with E-state index in [1.807, 2.05) is 6.92 Å². The first-order valence-electron chi connectivity index (χ1n) is 7.89. The second-order valence-electron chi connectivity index (χ2n) is 5.76. The predicted molar refractivity (Wildman–Crippen MR) is 102 cm³/mol. The molecule has 0 saturated heterocycles. The normalized spacial score (nSPS) is 11.3. The van der Waals surface area contributed by atoms with Crippen LogP contribution in [0.25, 0.3) is 0 Å². The van der Waals surface area contributed by atoms with Crippen molar-refractivity contribution in [1.29, 1.82) is 0 Å². The minimum absolute atomic E-state index is 0.0212. The molecule has 1 aromatic heterocycles. The summed E-state index contributed by atoms with van der Waals surface area (Å²) in [6.07, 6.45) is 2.65. The molecule has 0 unspecified atom stereocenters. The molecule has 10 heteroatoms. The fraction of sp³-hybridized carbons (Fsp3) is 0.235. The lowest BCUT2D eigenvalue weighted by Gasteiger charge is -2.16. The van der Waals surface area contributed by atoms with E-state index in [0.717, 1.165) is 9.87 Å². The summed E-state index contributed by atoms with van der Waals surface area (Å²) in [4.78, 5) is 27.6. The van der Waals surface area contributed by atoms with E-state index >= 15 is 0 Å². The van der Waals surface area contributed by atoms with Crippen LogP contribution in [0.15, 0.2) is 47.6 Å². The third-order valence-electron chi connectivity index (χ3n) is 3.55. The van der Waals surface area contributed by atoms with Gasteiger partial charge in [-0.05, 0) is 36.8 Å². The highest BCUT2D eigenvalue weighted by Crippen LogP contribution is 2.22. The van der Waals surface area contributed by atoms with Crippen LogP contribution in [0.5, 0.6) is 0 Å². The van der Waals surface area contributed by atoms with Crippen LogP contribution < -0.4 is 10.6 Å². The summed E-state index contributed by atoms with van der Waals surface area (Å²) in [6.45, 7) is 1.12. The van der Waals surface area contributed by atoms with Gasteiger partial charge in [0.25, 0.3) is 0 Å². The molecule has 0 aliphatic heterocycles. The predicted octanol–water partition coefficient (Wildman–Crippen LogP) is 1.42. The van der Waals surface area contributed by atoms with E-state index in [2.05, 4.69) is 15.6 Å². The molecular weight excluding hydrogens is 392 g/mol. The van der Waals surface area contributed by atoms with Crippen LogP contribution in [0, 0.1) is 6.92 Å². The fourth-order valence-electron chi connectivity index (χ4n) is 2.12. The second kappa shape index (κ2) is 8.94. The SMILES string of the molecule is Cc1ccc(NC(=O)CNC(=O)CN(C)S(=O)(=O)c2cccnc2)c(Cl)c1. The van der Waals surface area contributed by atoms with Crippen LogP contribution in [0.3, 0.4) is 0 Å². The molecule has 2 amide bonds. The molecule has 0 spiro atoms. The monoisotopic (exact) mass is 410 g/mol. The van der Waals surface area contributed by atoms with Gasteiger partial charge in [-0.3, -0.25) is 14.6 Å². The molecule has 0 radical (unpaired) electrons. The maximum atomic E-state index is 12.3. The number of likely N-dealkylation sites (N-methyl/N-ethyl adjacent to an activating group) is 1. The second-order valence-corrected chi connectivity index (χ2v) is 8.21. The van der Waals surface area contributed by atoms with E-state index in [1.165, 1.54) is 31.6 Å². The highest BCUT2D eigenvalue weighted by atomic mass is 35.5. The number of sulfonamides is 1. The zero-order valence-corrected chi connectivity index (χ0v) is 16.3. The van der Waals surface area contributed by atoms with E-state index in [0.29, 0.717) is 10.7 Å². The van der Waals surface area contributed by atoms with Gasteiger partial charge in [0, 0.05) is 19.4 Å². The number of rotatable bonds is 7. The van der Waals surface area contributed by atoms with Crippen LogP contribution in [0.2, 0.25) is 5.02 Å². The first kappa shape index (κ1) is 20.8. The van der Waals surface area contributed by atoms with Crippen LogP contribution in [-0.4, -0.2) is 49.7 Å². The Morgan fingerprint density at radius 1 is 1.22 bits per heavy atom. The lowest BCUT2D eigenvalue weighted by molar-refractivity contribution is -0.124. The van der Waals surface area contributed by atoms with E-state index < -0.39 is 28.4 Å². The van der Waals surface area contributed by atoms with Gasteiger partial charge in [-0.15, -0.1) is 0 Å². The molecule has 2 N–H and O–H groups in total. The highest BCUT2D eigenvalue weighted by molar-refractivity contribution is 7.89. The van der Waals surface area contributed by atoms with Gasteiger partial charge < -0.3 is 10.6 Å². The number of anilines is 1. The number of benzene rings is 1. The Hall–Kier alpha value is -2.49. The van der Waals surface area contributed by atoms with Crippen LogP contribution >= 0.6 is 11.6 Å². The summed E-state index contributed by atoms with van der Waals surface area (Å²) >= 11 is 6.03. The van der Waals surface area contributed by atoms with Gasteiger partial charge >= 0.3 is 0 Å². The van der Waals surface area contributed by atoms with E-state index in [4.69, 9.17) is 11.6 Å². The lowest BCUT2D eigenvalue weighted by Crippen LogP contribution is -2.41. The molecule has 1 heterocycles. The maximum absolute atomic E-state index is 12.3. The number of pyridine rings is 1. The molecule has 27 heavy (non-hydrogen) atoms. The molecule has 0 fully saturated rings. The van der Waals surface area contributed by atoms with Crippen molar-refractivity contribution in [1.82, 2.24) is 14.6 Å². The fourth-order valence-corrected chi connectivity index (χ4v) is 3.49. The molecule has 0 aliphatic rings. The first-order valence-corrected chi connectivity index (χ1v) is 9.71. The average Bonchev–Trinajstić information content (AvgIpc) is 2.63. The van der Waals surface area contributed by atoms with Crippen LogP contribution in [0.1, 0.15) is 5.56 Å². The molecular formula is C17H19ClN4O4S. The number of nitrogens with one attached hydrogen (secondary N) is 2. The smallest absolute Gasteiger partial charge is 0.244 e. The zero-order valence-electron chi connectivity index (χ0n) is 14.8. The summed E-state index contributed by atoms with van der Waals surface area (Å²) in [5.41, 5.74) is 1.38. The molecule has 2 rings (SSSR count). The molecule has 0 aliphatic carbocycles. The largest absolute Gasteiger partial charge is 0.346 e. The third kappa shape index (κ3) is 5.75. The van der Waals surface area contributed by atoms with Crippen molar-refractivity contribution in [2.24, 2.45) is 0 Å². The minimum Gasteiger partial charge on any atom is -0.346 e. The Kier molecular flexibility index (Phi) is 6.89. The molecule has 0 bridgehead atoms. The maximum Gasteiger partial charge on any atom is 0.244 e. The Morgan fingerprint density at radius 2 is 1.96 bits per heavy atom. The van der Waals surface area contributed by atoms with Gasteiger partial charge in [-0.2, -0.15) is 4.31 Å². The van der Waals surface area contributed by atoms with Crippen molar-refractivity contribution < 1.29 is 18.0 Å². The highest BCUT2D eigenvalue weighted by Gasteiger charge is 2.23. The van der Waals surface area contributed by atoms with Crippen molar-refractivity contribution in [3.63, 3.8) is 0 Å². The Morgan fingerprint density at radius 3 is 2.59 bits per heavy atom. The summed E-state index contributed by atoms with van der Waals surface area (Å²) in [7, 11) is -2.57. The summed E-state index contributed by atoms with van der Waals surface area (Å²) < 4.78 is 25.5. The van der Waals surface area contributed by atoms with Gasteiger partial charge in [0.1, 0.15) is 4.90 Å². The molecule has 144 valence electrons. The average molecular weight is 411 g/mol. The number of carbonyl (C=O) groups is 2. The number of halogens is 1. The van der Waals surface area contributed by atoms with Gasteiger partial charge in [0.15, 0.2) is 0 Å². The van der Waals surface area contributed by atoms with Gasteiger partial charge in [-0.25, -0.2) is 8.42 Å². The quantitative estimate of drug-likeness (QED) is 0.717. The molecule has 1 aromatic carbocycles. The van der Waals surface area contributed by atoms with Gasteiger partial charge in [0.2, 0.25) is 21.8 Å². The Labute approximate surface area is 162 Å². The number of hydrogen-bond donors (Lipinski definition) is 2. The van der Waals surface area contributed by atoms with Crippen molar-refractivity contribution >= 4 is 39.1 Å². The first-order chi connectivity index (χ1) is 12.7. The van der Waals surface area contributed by atoms with Crippen molar-refractivity contribution in [2.75, 3.05) is 25.5 Å². The number of nitrogens with zero attached hydrogens (tertiary/aromatic N) is 2. The molecule has 2 aromatic rings. The van der Waals surface area contributed by atoms with Crippen LogP contribution in [-0.2, 0) is 19.6 Å². The summed E-state index contributed by atoms with van der Waals surface area (Å²) in [5.74, 6) is -1.10. The molecule has 0 atom stereocenters. The van der Waals surface area contributed by atoms with Gasteiger partial charge in [-0.1, -0.05) is 17.7 Å². The standard InChI is InChI=1S/C17H19ClN4O4S/c1-12-5-6-15(14(18)8-12)21-16(23)10-20-17(24)11-22(2)27(25,26)13-4-3-7-19-9-13/h3-9H,10-11H2,1-2H3,(H,20,24)(H,21,23). The Balaban J connectivity index is 1.87. The van der Waals surface area contributed by atoms with Crippen molar-refractivity contribution in [3.05, 3.63) is 53.3 Å². The van der Waals surface area contributed by atoms with E-state index in [-0.39, 0.29) is 11.4 Å². The molecule has 0 saturated carbocycles. The van der Waals surface area contributed by atoms with Crippen LogP contribution in [0.4, 0.5) is 5.69 Å². The number of hydrogen-bond acceptors (Lipinski definition) is 5. The minimum atomic E-state index is -3.84. The zero-order chi connectivity index (χ0) is 20.0. The topological polar surface area (TPSA) is 108 Å².